The number of benzene rings is 1. The zero-order valence-corrected chi connectivity index (χ0v) is 13.2. The molecule has 0 aromatic heterocycles. The van der Waals surface area contributed by atoms with Gasteiger partial charge in [-0.05, 0) is 38.5 Å². The maximum Gasteiger partial charge on any atom is 0.251 e. The molecule has 0 saturated carbocycles. The molecule has 0 spiro atoms. The molecule has 1 rings (SSSR count). The minimum atomic E-state index is -3.55. The van der Waals surface area contributed by atoms with E-state index in [9.17, 15) is 13.2 Å². The molecule has 5 nitrogen and oxygen atoms in total. The molecule has 0 unspecified atom stereocenters. The first-order valence-electron chi connectivity index (χ1n) is 6.64. The molecule has 0 heterocycles. The van der Waals surface area contributed by atoms with Gasteiger partial charge in [-0.2, -0.15) is 0 Å². The molecule has 0 aliphatic heterocycles. The van der Waals surface area contributed by atoms with Gasteiger partial charge in [-0.3, -0.25) is 4.79 Å². The fourth-order valence-corrected chi connectivity index (χ4v) is 2.63. The number of hydrogen-bond acceptors (Lipinski definition) is 3. The Hall–Kier alpha value is -1.40. The van der Waals surface area contributed by atoms with Gasteiger partial charge in [0, 0.05) is 17.6 Å². The van der Waals surface area contributed by atoms with E-state index in [1.54, 1.807) is 19.1 Å². The van der Waals surface area contributed by atoms with Crippen molar-refractivity contribution in [1.82, 2.24) is 10.0 Å². The van der Waals surface area contributed by atoms with E-state index in [-0.39, 0.29) is 16.3 Å². The normalized spacial score (nSPS) is 12.2. The van der Waals surface area contributed by atoms with Crippen LogP contribution in [0.25, 0.3) is 0 Å². The van der Waals surface area contributed by atoms with Crippen molar-refractivity contribution >= 4 is 15.9 Å². The van der Waals surface area contributed by atoms with Gasteiger partial charge in [-0.1, -0.05) is 19.9 Å². The van der Waals surface area contributed by atoms with Gasteiger partial charge in [-0.15, -0.1) is 0 Å². The van der Waals surface area contributed by atoms with Crippen LogP contribution in [0.5, 0.6) is 0 Å². The van der Waals surface area contributed by atoms with Crippen LogP contribution in [0, 0.1) is 0 Å². The van der Waals surface area contributed by atoms with E-state index in [1.807, 2.05) is 20.8 Å². The van der Waals surface area contributed by atoms with Crippen LogP contribution in [0.1, 0.15) is 44.5 Å². The molecule has 0 aliphatic carbocycles. The molecular formula is C14H22N2O3S. The molecule has 1 aromatic rings. The summed E-state index contributed by atoms with van der Waals surface area (Å²) in [6, 6.07) is 6.03. The van der Waals surface area contributed by atoms with Crippen LogP contribution in [-0.2, 0) is 10.0 Å². The van der Waals surface area contributed by atoms with Crippen molar-refractivity contribution in [2.75, 3.05) is 6.54 Å². The number of nitrogens with one attached hydrogen (secondary N) is 2. The average molecular weight is 298 g/mol. The van der Waals surface area contributed by atoms with Crippen LogP contribution in [0.15, 0.2) is 29.2 Å². The maximum atomic E-state index is 12.1. The summed E-state index contributed by atoms with van der Waals surface area (Å²) in [5, 5.41) is 2.88. The second kappa shape index (κ2) is 6.37. The molecule has 0 bridgehead atoms. The Morgan fingerprint density at radius 2 is 1.90 bits per heavy atom. The lowest BCUT2D eigenvalue weighted by molar-refractivity contribution is 0.0911. The molecule has 0 saturated heterocycles. The number of carbonyl (C=O) groups excluding carboxylic acids is 1. The molecule has 2 N–H and O–H groups in total. The SMILES string of the molecule is CCNS(=O)(=O)c1cccc(C(=O)NC(C)(C)CC)c1. The molecule has 0 aliphatic rings. The first kappa shape index (κ1) is 16.7. The minimum absolute atomic E-state index is 0.0984. The lowest BCUT2D eigenvalue weighted by Gasteiger charge is -2.24. The lowest BCUT2D eigenvalue weighted by atomic mass is 10.0. The predicted molar refractivity (Wildman–Crippen MR) is 79.1 cm³/mol. The van der Waals surface area contributed by atoms with Gasteiger partial charge in [0.15, 0.2) is 0 Å². The van der Waals surface area contributed by atoms with E-state index in [2.05, 4.69) is 10.0 Å². The molecule has 1 amide bonds. The lowest BCUT2D eigenvalue weighted by Crippen LogP contribution is -2.42. The van der Waals surface area contributed by atoms with Crippen LogP contribution in [0.4, 0.5) is 0 Å². The molecule has 20 heavy (non-hydrogen) atoms. The number of hydrogen-bond donors (Lipinski definition) is 2. The molecular weight excluding hydrogens is 276 g/mol. The Morgan fingerprint density at radius 1 is 1.25 bits per heavy atom. The Balaban J connectivity index is 3.02. The zero-order valence-electron chi connectivity index (χ0n) is 12.4. The summed E-state index contributed by atoms with van der Waals surface area (Å²) in [5.41, 5.74) is 0.0127. The van der Waals surface area contributed by atoms with Gasteiger partial charge in [0.2, 0.25) is 10.0 Å². The van der Waals surface area contributed by atoms with Gasteiger partial charge in [-0.25, -0.2) is 13.1 Å². The second-order valence-corrected chi connectivity index (χ2v) is 6.99. The topological polar surface area (TPSA) is 75.3 Å². The fraction of sp³-hybridized carbons (Fsp3) is 0.500. The summed E-state index contributed by atoms with van der Waals surface area (Å²) in [5.74, 6) is -0.273. The minimum Gasteiger partial charge on any atom is -0.347 e. The molecule has 6 heteroatoms. The summed E-state index contributed by atoms with van der Waals surface area (Å²) in [6.45, 7) is 7.83. The Morgan fingerprint density at radius 3 is 2.45 bits per heavy atom. The first-order chi connectivity index (χ1) is 9.22. The van der Waals surface area contributed by atoms with Crippen molar-refractivity contribution in [2.24, 2.45) is 0 Å². The summed E-state index contributed by atoms with van der Waals surface area (Å²) in [4.78, 5) is 12.2. The molecule has 0 radical (unpaired) electrons. The maximum absolute atomic E-state index is 12.1. The monoisotopic (exact) mass is 298 g/mol. The van der Waals surface area contributed by atoms with Crippen molar-refractivity contribution in [3.8, 4) is 0 Å². The van der Waals surface area contributed by atoms with Gasteiger partial charge in [0.05, 0.1) is 4.90 Å². The van der Waals surface area contributed by atoms with Crippen molar-refractivity contribution in [2.45, 2.75) is 44.6 Å². The Kier molecular flexibility index (Phi) is 5.30. The second-order valence-electron chi connectivity index (χ2n) is 5.22. The standard InChI is InChI=1S/C14H22N2O3S/c1-5-14(3,4)16-13(17)11-8-7-9-12(10-11)20(18,19)15-6-2/h7-10,15H,5-6H2,1-4H3,(H,16,17). The highest BCUT2D eigenvalue weighted by atomic mass is 32.2. The van der Waals surface area contributed by atoms with E-state index in [1.165, 1.54) is 12.1 Å². The number of amides is 1. The quantitative estimate of drug-likeness (QED) is 0.842. The van der Waals surface area contributed by atoms with Crippen molar-refractivity contribution in [1.29, 1.82) is 0 Å². The zero-order chi connectivity index (χ0) is 15.4. The van der Waals surface area contributed by atoms with Crippen LogP contribution >= 0.6 is 0 Å². The third-order valence-corrected chi connectivity index (χ3v) is 4.62. The summed E-state index contributed by atoms with van der Waals surface area (Å²) in [6.07, 6.45) is 0.786. The van der Waals surface area contributed by atoms with E-state index < -0.39 is 10.0 Å². The molecule has 112 valence electrons. The van der Waals surface area contributed by atoms with Crippen molar-refractivity contribution in [3.05, 3.63) is 29.8 Å². The van der Waals surface area contributed by atoms with Gasteiger partial charge >= 0.3 is 0 Å². The Bertz CT molecular complexity index is 580. The van der Waals surface area contributed by atoms with E-state index in [0.29, 0.717) is 12.1 Å². The molecule has 1 aromatic carbocycles. The van der Waals surface area contributed by atoms with Gasteiger partial charge in [0.1, 0.15) is 0 Å². The number of rotatable bonds is 6. The van der Waals surface area contributed by atoms with Gasteiger partial charge < -0.3 is 5.32 Å². The highest BCUT2D eigenvalue weighted by molar-refractivity contribution is 7.89. The van der Waals surface area contributed by atoms with E-state index >= 15 is 0 Å². The Labute approximate surface area is 120 Å². The first-order valence-corrected chi connectivity index (χ1v) is 8.12. The van der Waals surface area contributed by atoms with Crippen LogP contribution < -0.4 is 10.0 Å². The smallest absolute Gasteiger partial charge is 0.251 e. The van der Waals surface area contributed by atoms with Crippen LogP contribution in [0.3, 0.4) is 0 Å². The van der Waals surface area contributed by atoms with Crippen LogP contribution in [-0.4, -0.2) is 26.4 Å². The number of sulfonamides is 1. The fourth-order valence-electron chi connectivity index (χ4n) is 1.55. The van der Waals surface area contributed by atoms with E-state index in [0.717, 1.165) is 6.42 Å². The van der Waals surface area contributed by atoms with Gasteiger partial charge in [0.25, 0.3) is 5.91 Å². The van der Waals surface area contributed by atoms with Crippen molar-refractivity contribution < 1.29 is 13.2 Å². The number of carbonyl (C=O) groups is 1. The summed E-state index contributed by atoms with van der Waals surface area (Å²) in [7, 11) is -3.55. The largest absolute Gasteiger partial charge is 0.347 e. The highest BCUT2D eigenvalue weighted by Gasteiger charge is 2.20. The summed E-state index contributed by atoms with van der Waals surface area (Å²) >= 11 is 0. The third-order valence-electron chi connectivity index (χ3n) is 3.08. The highest BCUT2D eigenvalue weighted by Crippen LogP contribution is 2.13. The third kappa shape index (κ3) is 4.31. The van der Waals surface area contributed by atoms with E-state index in [4.69, 9.17) is 0 Å². The molecule has 0 fully saturated rings. The summed E-state index contributed by atoms with van der Waals surface area (Å²) < 4.78 is 26.2. The van der Waals surface area contributed by atoms with Crippen molar-refractivity contribution in [3.63, 3.8) is 0 Å². The average Bonchev–Trinajstić information content (AvgIpc) is 2.38. The van der Waals surface area contributed by atoms with Crippen LogP contribution in [0.2, 0.25) is 0 Å². The molecule has 0 atom stereocenters. The predicted octanol–water partition coefficient (Wildman–Crippen LogP) is 1.90.